The highest BCUT2D eigenvalue weighted by Crippen LogP contribution is 2.40. The molecule has 3 aliphatic rings. The molecular formula is C27H30Cl2F3N5O5S. The van der Waals surface area contributed by atoms with Crippen LogP contribution in [0.2, 0.25) is 5.02 Å². The first-order valence-electron chi connectivity index (χ1n) is 13.5. The van der Waals surface area contributed by atoms with E-state index in [2.05, 4.69) is 10.3 Å². The molecule has 2 heterocycles. The number of carbonyl (C=O) groups excluding carboxylic acids is 3. The number of amides is 4. The summed E-state index contributed by atoms with van der Waals surface area (Å²) in [5.74, 6) is -2.06. The van der Waals surface area contributed by atoms with E-state index in [4.69, 9.17) is 28.9 Å². The lowest BCUT2D eigenvalue weighted by atomic mass is 9.87. The van der Waals surface area contributed by atoms with Crippen molar-refractivity contribution in [3.8, 4) is 0 Å². The summed E-state index contributed by atoms with van der Waals surface area (Å²) in [6.45, 7) is 1.69. The molecule has 0 radical (unpaired) electrons. The fraction of sp³-hybridized carbons (Fsp3) is 0.481. The van der Waals surface area contributed by atoms with E-state index in [1.807, 2.05) is 0 Å². The van der Waals surface area contributed by atoms with Crippen LogP contribution >= 0.6 is 23.2 Å². The van der Waals surface area contributed by atoms with E-state index >= 15 is 0 Å². The Kier molecular flexibility index (Phi) is 10.1. The highest BCUT2D eigenvalue weighted by molar-refractivity contribution is 7.91. The van der Waals surface area contributed by atoms with Gasteiger partial charge in [0.05, 0.1) is 45.3 Å². The first kappa shape index (κ1) is 33.1. The van der Waals surface area contributed by atoms with Gasteiger partial charge in [-0.3, -0.25) is 19.4 Å². The quantitative estimate of drug-likeness (QED) is 0.386. The molecule has 3 N–H and O–H groups in total. The van der Waals surface area contributed by atoms with E-state index in [0.717, 1.165) is 0 Å². The number of hydrogen-bond acceptors (Lipinski definition) is 7. The van der Waals surface area contributed by atoms with Gasteiger partial charge in [-0.2, -0.15) is 18.2 Å². The number of piperidine rings is 1. The predicted octanol–water partition coefficient (Wildman–Crippen LogP) is 3.23. The van der Waals surface area contributed by atoms with Gasteiger partial charge in [0, 0.05) is 31.2 Å². The molecule has 1 fully saturated rings. The smallest absolute Gasteiger partial charge is 0.355 e. The molecule has 0 bridgehead atoms. The molecule has 43 heavy (non-hydrogen) atoms. The molecule has 0 saturated carbocycles. The topological polar surface area (TPSA) is 142 Å². The van der Waals surface area contributed by atoms with Crippen LogP contribution < -0.4 is 11.1 Å². The van der Waals surface area contributed by atoms with Crippen molar-refractivity contribution in [2.45, 2.75) is 42.8 Å². The summed E-state index contributed by atoms with van der Waals surface area (Å²) in [5, 5.41) is 1.27. The van der Waals surface area contributed by atoms with E-state index in [1.165, 1.54) is 25.1 Å². The SMILES string of the molecule is CCS(=O)(=O)c1ccc(Cl)cc1CN1C(=O)N=C2C(=CC(C(F)(F)F)=C(CN3CCC[C@@H](C(=O)NCCN)C3)C2Cl)C1=O. The maximum Gasteiger partial charge on any atom is 0.416 e. The van der Waals surface area contributed by atoms with E-state index in [-0.39, 0.29) is 64.6 Å². The largest absolute Gasteiger partial charge is 0.416 e. The maximum absolute atomic E-state index is 14.4. The van der Waals surface area contributed by atoms with Crippen molar-refractivity contribution in [1.82, 2.24) is 15.1 Å². The number of imide groups is 1. The molecule has 0 spiro atoms. The zero-order valence-corrected chi connectivity index (χ0v) is 25.4. The number of aliphatic imine (C=N–C) groups is 1. The predicted molar refractivity (Wildman–Crippen MR) is 155 cm³/mol. The highest BCUT2D eigenvalue weighted by atomic mass is 35.5. The Morgan fingerprint density at radius 3 is 2.60 bits per heavy atom. The Morgan fingerprint density at radius 2 is 1.95 bits per heavy atom. The second-order valence-corrected chi connectivity index (χ2v) is 13.5. The van der Waals surface area contributed by atoms with Gasteiger partial charge in [-0.15, -0.1) is 11.6 Å². The van der Waals surface area contributed by atoms with E-state index in [9.17, 15) is 36.0 Å². The monoisotopic (exact) mass is 663 g/mol. The fourth-order valence-electron chi connectivity index (χ4n) is 5.30. The first-order chi connectivity index (χ1) is 20.2. The van der Waals surface area contributed by atoms with Crippen LogP contribution in [0.5, 0.6) is 0 Å². The van der Waals surface area contributed by atoms with Crippen LogP contribution in [-0.2, 0) is 26.0 Å². The molecular weight excluding hydrogens is 634 g/mol. The Bertz CT molecular complexity index is 1530. The highest BCUT2D eigenvalue weighted by Gasteiger charge is 2.46. The number of rotatable bonds is 9. The van der Waals surface area contributed by atoms with Crippen molar-refractivity contribution in [2.75, 3.05) is 38.5 Å². The van der Waals surface area contributed by atoms with Gasteiger partial charge >= 0.3 is 12.2 Å². The van der Waals surface area contributed by atoms with Crippen molar-refractivity contribution in [3.63, 3.8) is 0 Å². The molecule has 2 aliphatic heterocycles. The van der Waals surface area contributed by atoms with Gasteiger partial charge in [0.2, 0.25) is 5.91 Å². The zero-order valence-electron chi connectivity index (χ0n) is 23.1. The lowest BCUT2D eigenvalue weighted by Gasteiger charge is -2.36. The number of urea groups is 1. The number of likely N-dealkylation sites (tertiary alicyclic amines) is 1. The summed E-state index contributed by atoms with van der Waals surface area (Å²) in [6.07, 6.45) is -3.15. The Balaban J connectivity index is 1.67. The number of allylic oxidation sites excluding steroid dienone is 2. The van der Waals surface area contributed by atoms with Crippen LogP contribution in [0.1, 0.15) is 25.3 Å². The number of fused-ring (bicyclic) bond motifs is 1. The lowest BCUT2D eigenvalue weighted by Crippen LogP contribution is -2.48. The molecule has 1 aromatic carbocycles. The number of alkyl halides is 4. The van der Waals surface area contributed by atoms with Crippen molar-refractivity contribution in [2.24, 2.45) is 16.6 Å². The second kappa shape index (κ2) is 13.1. The molecule has 10 nitrogen and oxygen atoms in total. The van der Waals surface area contributed by atoms with Crippen LogP contribution in [0.4, 0.5) is 18.0 Å². The minimum Gasteiger partial charge on any atom is -0.355 e. The Labute approximate surface area is 256 Å². The molecule has 4 rings (SSSR count). The number of hydrogen-bond donors (Lipinski definition) is 2. The summed E-state index contributed by atoms with van der Waals surface area (Å²) in [5.41, 5.74) is 3.17. The minimum absolute atomic E-state index is 0.0101. The zero-order chi connectivity index (χ0) is 31.7. The van der Waals surface area contributed by atoms with Crippen molar-refractivity contribution in [3.05, 3.63) is 51.6 Å². The first-order valence-corrected chi connectivity index (χ1v) is 16.0. The van der Waals surface area contributed by atoms with Gasteiger partial charge in [0.15, 0.2) is 9.84 Å². The van der Waals surface area contributed by atoms with Crippen LogP contribution in [-0.4, -0.2) is 91.8 Å². The van der Waals surface area contributed by atoms with Gasteiger partial charge in [-0.25, -0.2) is 13.2 Å². The molecule has 2 atom stereocenters. The second-order valence-electron chi connectivity index (χ2n) is 10.3. The average molecular weight is 665 g/mol. The van der Waals surface area contributed by atoms with Crippen LogP contribution in [0.3, 0.4) is 0 Å². The maximum atomic E-state index is 14.4. The summed E-state index contributed by atoms with van der Waals surface area (Å²) in [4.78, 5) is 44.9. The number of carbonyl (C=O) groups is 3. The van der Waals surface area contributed by atoms with Gasteiger partial charge < -0.3 is 11.1 Å². The molecule has 0 aromatic heterocycles. The van der Waals surface area contributed by atoms with Crippen LogP contribution in [0.25, 0.3) is 0 Å². The number of sulfone groups is 1. The Hall–Kier alpha value is -2.78. The number of nitrogens with one attached hydrogen (secondary N) is 1. The third-order valence-corrected chi connectivity index (χ3v) is 10.00. The number of nitrogens with two attached hydrogens (primary N) is 1. The van der Waals surface area contributed by atoms with E-state index in [0.29, 0.717) is 30.4 Å². The summed E-state index contributed by atoms with van der Waals surface area (Å²) < 4.78 is 68.3. The minimum atomic E-state index is -4.91. The average Bonchev–Trinajstić information content (AvgIpc) is 2.95. The van der Waals surface area contributed by atoms with Crippen molar-refractivity contribution >= 4 is 56.6 Å². The van der Waals surface area contributed by atoms with Crippen molar-refractivity contribution in [1.29, 1.82) is 0 Å². The standard InChI is InChI=1S/C27H30Cl2F3N5O5S/c1-2-43(41,42)21-6-5-17(28)10-16(21)13-37-25(39)18-11-20(27(30,31)32)19(22(29)23(18)35-26(37)40)14-36-9-3-4-15(12-36)24(38)34-8-7-33/h5-6,10-11,15,22H,2-4,7-9,12-14,33H2,1H3,(H,34,38)/t15-,22?/m1/s1. The molecule has 1 saturated heterocycles. The summed E-state index contributed by atoms with van der Waals surface area (Å²) in [6, 6.07) is 2.74. The summed E-state index contributed by atoms with van der Waals surface area (Å²) >= 11 is 12.6. The van der Waals surface area contributed by atoms with Crippen molar-refractivity contribution < 1.29 is 36.0 Å². The molecule has 1 unspecified atom stereocenters. The van der Waals surface area contributed by atoms with Gasteiger partial charge in [0.25, 0.3) is 5.91 Å². The lowest BCUT2D eigenvalue weighted by molar-refractivity contribution is -0.127. The van der Waals surface area contributed by atoms with Gasteiger partial charge in [-0.05, 0) is 54.8 Å². The molecule has 1 aromatic rings. The van der Waals surface area contributed by atoms with E-state index in [1.54, 1.807) is 4.90 Å². The van der Waals surface area contributed by atoms with Crippen LogP contribution in [0, 0.1) is 5.92 Å². The van der Waals surface area contributed by atoms with Gasteiger partial charge in [0.1, 0.15) is 0 Å². The Morgan fingerprint density at radius 1 is 1.23 bits per heavy atom. The number of halogens is 5. The fourth-order valence-corrected chi connectivity index (χ4v) is 6.95. The summed E-state index contributed by atoms with van der Waals surface area (Å²) in [7, 11) is -3.80. The number of benzene rings is 1. The molecule has 4 amide bonds. The van der Waals surface area contributed by atoms with Gasteiger partial charge in [-0.1, -0.05) is 18.5 Å². The number of nitrogens with zero attached hydrogens (tertiary/aromatic N) is 3. The van der Waals surface area contributed by atoms with E-state index < -0.39 is 56.9 Å². The molecule has 16 heteroatoms. The molecule has 1 aliphatic carbocycles. The third kappa shape index (κ3) is 7.14. The van der Waals surface area contributed by atoms with Crippen LogP contribution in [0.15, 0.2) is 50.9 Å². The normalized spacial score (nSPS) is 21.9. The third-order valence-electron chi connectivity index (χ3n) is 7.46. The molecule has 234 valence electrons.